The molecule has 3 nitrogen and oxygen atoms in total. The van der Waals surface area contributed by atoms with Crippen molar-refractivity contribution in [2.45, 2.75) is 19.4 Å². The van der Waals surface area contributed by atoms with E-state index in [0.29, 0.717) is 18.4 Å². The number of benzene rings is 1. The van der Waals surface area contributed by atoms with Gasteiger partial charge in [-0.2, -0.15) is 5.26 Å². The van der Waals surface area contributed by atoms with Crippen molar-refractivity contribution in [3.05, 3.63) is 29.6 Å². The minimum atomic E-state index is -0.538. The molecular formula is C12H13FN2O. The predicted octanol–water partition coefficient (Wildman–Crippen LogP) is 2.38. The second-order valence-electron chi connectivity index (χ2n) is 3.61. The number of hydrogen-bond donors (Lipinski definition) is 0. The lowest BCUT2D eigenvalue weighted by molar-refractivity contribution is 0.112. The summed E-state index contributed by atoms with van der Waals surface area (Å²) in [5.41, 5.74) is 0.549. The Kier molecular flexibility index (Phi) is 4.01. The third-order valence-electron chi connectivity index (χ3n) is 2.58. The second kappa shape index (κ2) is 5.26. The Labute approximate surface area is 94.1 Å². The summed E-state index contributed by atoms with van der Waals surface area (Å²) < 4.78 is 13.3. The maximum Gasteiger partial charge on any atom is 0.155 e. The molecule has 1 unspecified atom stereocenters. The number of carbonyl (C=O) groups excluding carboxylic acids is 1. The van der Waals surface area contributed by atoms with E-state index in [2.05, 4.69) is 0 Å². The van der Waals surface area contributed by atoms with Crippen LogP contribution in [0.3, 0.4) is 0 Å². The molecule has 0 aliphatic heterocycles. The van der Waals surface area contributed by atoms with Crippen LogP contribution < -0.4 is 4.90 Å². The fourth-order valence-corrected chi connectivity index (χ4v) is 1.46. The average molecular weight is 220 g/mol. The van der Waals surface area contributed by atoms with Crippen molar-refractivity contribution in [1.29, 1.82) is 5.26 Å². The SMILES string of the molecule is CC(CC#N)N(C)c1cccc(F)c1C=O. The summed E-state index contributed by atoms with van der Waals surface area (Å²) in [5, 5.41) is 8.59. The molecule has 0 amide bonds. The van der Waals surface area contributed by atoms with E-state index in [4.69, 9.17) is 5.26 Å². The number of nitriles is 1. The van der Waals surface area contributed by atoms with Gasteiger partial charge < -0.3 is 4.90 Å². The maximum atomic E-state index is 13.3. The van der Waals surface area contributed by atoms with Gasteiger partial charge in [0.25, 0.3) is 0 Å². The van der Waals surface area contributed by atoms with Crippen molar-refractivity contribution in [2.24, 2.45) is 0 Å². The first-order valence-electron chi connectivity index (χ1n) is 4.95. The van der Waals surface area contributed by atoms with E-state index in [1.807, 2.05) is 13.0 Å². The molecule has 0 fully saturated rings. The summed E-state index contributed by atoms with van der Waals surface area (Å²) in [6.07, 6.45) is 0.825. The van der Waals surface area contributed by atoms with Crippen LogP contribution in [0.5, 0.6) is 0 Å². The van der Waals surface area contributed by atoms with Gasteiger partial charge in [0, 0.05) is 13.1 Å². The van der Waals surface area contributed by atoms with Gasteiger partial charge in [-0.05, 0) is 19.1 Å². The number of nitrogens with zero attached hydrogens (tertiary/aromatic N) is 2. The molecular weight excluding hydrogens is 207 g/mol. The van der Waals surface area contributed by atoms with Gasteiger partial charge in [-0.15, -0.1) is 0 Å². The first kappa shape index (κ1) is 12.2. The van der Waals surface area contributed by atoms with Crippen molar-refractivity contribution < 1.29 is 9.18 Å². The summed E-state index contributed by atoms with van der Waals surface area (Å²) in [6.45, 7) is 1.85. The van der Waals surface area contributed by atoms with Crippen molar-refractivity contribution >= 4 is 12.0 Å². The molecule has 1 aromatic rings. The van der Waals surface area contributed by atoms with Gasteiger partial charge in [0.15, 0.2) is 6.29 Å². The molecule has 16 heavy (non-hydrogen) atoms. The number of hydrogen-bond acceptors (Lipinski definition) is 3. The fourth-order valence-electron chi connectivity index (χ4n) is 1.46. The fraction of sp³-hybridized carbons (Fsp3) is 0.333. The van der Waals surface area contributed by atoms with Crippen molar-refractivity contribution in [2.75, 3.05) is 11.9 Å². The first-order chi connectivity index (χ1) is 7.61. The van der Waals surface area contributed by atoms with Gasteiger partial charge in [0.2, 0.25) is 0 Å². The van der Waals surface area contributed by atoms with Crippen LogP contribution in [0, 0.1) is 17.1 Å². The van der Waals surface area contributed by atoms with Crippen LogP contribution in [-0.2, 0) is 0 Å². The van der Waals surface area contributed by atoms with E-state index in [1.54, 1.807) is 24.1 Å². The number of halogens is 1. The highest BCUT2D eigenvalue weighted by molar-refractivity contribution is 5.85. The van der Waals surface area contributed by atoms with E-state index >= 15 is 0 Å². The molecule has 0 N–H and O–H groups in total. The average Bonchev–Trinajstić information content (AvgIpc) is 2.28. The number of carbonyl (C=O) groups is 1. The third-order valence-corrected chi connectivity index (χ3v) is 2.58. The Bertz CT molecular complexity index is 426. The molecule has 84 valence electrons. The van der Waals surface area contributed by atoms with Gasteiger partial charge in [-0.3, -0.25) is 4.79 Å². The Balaban J connectivity index is 3.08. The molecule has 1 atom stereocenters. The number of aldehydes is 1. The molecule has 0 bridgehead atoms. The lowest BCUT2D eigenvalue weighted by atomic mass is 10.1. The second-order valence-corrected chi connectivity index (χ2v) is 3.61. The van der Waals surface area contributed by atoms with Crippen LogP contribution in [0.1, 0.15) is 23.7 Å². The van der Waals surface area contributed by atoms with Crippen LogP contribution in [0.4, 0.5) is 10.1 Å². The topological polar surface area (TPSA) is 44.1 Å². The summed E-state index contributed by atoms with van der Waals surface area (Å²) in [5.74, 6) is -0.538. The van der Waals surface area contributed by atoms with Crippen LogP contribution in [-0.4, -0.2) is 19.4 Å². The Hall–Kier alpha value is -1.89. The van der Waals surface area contributed by atoms with Gasteiger partial charge >= 0.3 is 0 Å². The molecule has 0 heterocycles. The maximum absolute atomic E-state index is 13.3. The largest absolute Gasteiger partial charge is 0.370 e. The highest BCUT2D eigenvalue weighted by Gasteiger charge is 2.15. The smallest absolute Gasteiger partial charge is 0.155 e. The van der Waals surface area contributed by atoms with Crippen LogP contribution in [0.2, 0.25) is 0 Å². The van der Waals surface area contributed by atoms with Crippen molar-refractivity contribution in [1.82, 2.24) is 0 Å². The van der Waals surface area contributed by atoms with E-state index < -0.39 is 5.82 Å². The number of rotatable bonds is 4. The molecule has 0 aliphatic rings. The van der Waals surface area contributed by atoms with Crippen LogP contribution in [0.25, 0.3) is 0 Å². The monoisotopic (exact) mass is 220 g/mol. The molecule has 0 saturated carbocycles. The van der Waals surface area contributed by atoms with Gasteiger partial charge in [0.05, 0.1) is 23.7 Å². The zero-order valence-corrected chi connectivity index (χ0v) is 9.27. The highest BCUT2D eigenvalue weighted by Crippen LogP contribution is 2.22. The molecule has 1 rings (SSSR count). The molecule has 0 aromatic heterocycles. The van der Waals surface area contributed by atoms with E-state index in [0.717, 1.165) is 0 Å². The molecule has 0 saturated heterocycles. The summed E-state index contributed by atoms with van der Waals surface area (Å²) in [4.78, 5) is 12.5. The zero-order chi connectivity index (χ0) is 12.1. The van der Waals surface area contributed by atoms with Crippen LogP contribution in [0.15, 0.2) is 18.2 Å². The Morgan fingerprint density at radius 2 is 2.31 bits per heavy atom. The van der Waals surface area contributed by atoms with E-state index in [1.165, 1.54) is 6.07 Å². The van der Waals surface area contributed by atoms with Crippen molar-refractivity contribution in [3.63, 3.8) is 0 Å². The molecule has 0 aliphatic carbocycles. The van der Waals surface area contributed by atoms with Crippen molar-refractivity contribution in [3.8, 4) is 6.07 Å². The van der Waals surface area contributed by atoms with E-state index in [-0.39, 0.29) is 11.6 Å². The minimum Gasteiger partial charge on any atom is -0.370 e. The summed E-state index contributed by atoms with van der Waals surface area (Å²) >= 11 is 0. The highest BCUT2D eigenvalue weighted by atomic mass is 19.1. The minimum absolute atomic E-state index is 0.0368. The standard InChI is InChI=1S/C12H13FN2O/c1-9(6-7-14)15(2)12-5-3-4-11(13)10(12)8-16/h3-5,8-9H,6H2,1-2H3. The third kappa shape index (κ3) is 2.37. The Morgan fingerprint density at radius 3 is 2.88 bits per heavy atom. The lowest BCUT2D eigenvalue weighted by Gasteiger charge is -2.26. The zero-order valence-electron chi connectivity index (χ0n) is 9.27. The predicted molar refractivity (Wildman–Crippen MR) is 59.9 cm³/mol. The quantitative estimate of drug-likeness (QED) is 0.732. The number of anilines is 1. The molecule has 1 aromatic carbocycles. The molecule has 4 heteroatoms. The Morgan fingerprint density at radius 1 is 1.62 bits per heavy atom. The van der Waals surface area contributed by atoms with Gasteiger partial charge in [-0.25, -0.2) is 4.39 Å². The summed E-state index contributed by atoms with van der Waals surface area (Å²) in [6, 6.07) is 6.44. The normalized spacial score (nSPS) is 11.6. The molecule has 0 spiro atoms. The van der Waals surface area contributed by atoms with Gasteiger partial charge in [-0.1, -0.05) is 6.07 Å². The summed E-state index contributed by atoms with van der Waals surface area (Å²) in [7, 11) is 1.74. The van der Waals surface area contributed by atoms with Gasteiger partial charge in [0.1, 0.15) is 5.82 Å². The lowest BCUT2D eigenvalue weighted by Crippen LogP contribution is -2.29. The van der Waals surface area contributed by atoms with E-state index in [9.17, 15) is 9.18 Å². The first-order valence-corrected chi connectivity index (χ1v) is 4.95. The molecule has 0 radical (unpaired) electrons. The van der Waals surface area contributed by atoms with Crippen LogP contribution >= 0.6 is 0 Å².